The summed E-state index contributed by atoms with van der Waals surface area (Å²) in [4.78, 5) is 14.3. The minimum atomic E-state index is 0.255. The molecule has 1 N–H and O–H groups in total. The number of fused-ring (bicyclic) bond motifs is 1. The first-order valence-electron chi connectivity index (χ1n) is 9.00. The molecule has 0 saturated carbocycles. The number of nitrogens with zero attached hydrogens (tertiary/aromatic N) is 4. The molecule has 0 spiro atoms. The average Bonchev–Trinajstić information content (AvgIpc) is 2.58. The van der Waals surface area contributed by atoms with E-state index in [-0.39, 0.29) is 5.91 Å². The lowest BCUT2D eigenvalue weighted by Gasteiger charge is -2.28. The molecule has 0 unspecified atom stereocenters. The first-order valence-corrected chi connectivity index (χ1v) is 9.00. The van der Waals surface area contributed by atoms with E-state index in [9.17, 15) is 4.79 Å². The van der Waals surface area contributed by atoms with E-state index >= 15 is 0 Å². The maximum absolute atomic E-state index is 12.4. The van der Waals surface area contributed by atoms with E-state index < -0.39 is 0 Å². The van der Waals surface area contributed by atoms with Gasteiger partial charge in [-0.05, 0) is 31.9 Å². The van der Waals surface area contributed by atoms with E-state index in [2.05, 4.69) is 27.6 Å². The normalized spacial score (nSPS) is 13.4. The number of rotatable bonds is 8. The first-order chi connectivity index (χ1) is 11.6. The molecule has 0 saturated heterocycles. The second-order valence-corrected chi connectivity index (χ2v) is 6.60. The number of hydrazone groups is 1. The van der Waals surface area contributed by atoms with Crippen LogP contribution in [0.3, 0.4) is 0 Å². The van der Waals surface area contributed by atoms with Crippen LogP contribution >= 0.6 is 0 Å². The van der Waals surface area contributed by atoms with Gasteiger partial charge in [-0.2, -0.15) is 10.2 Å². The fraction of sp³-hybridized carbons (Fsp3) is 0.667. The van der Waals surface area contributed by atoms with Gasteiger partial charge in [-0.25, -0.2) is 0 Å². The molecule has 1 aliphatic heterocycles. The third kappa shape index (κ3) is 5.58. The van der Waals surface area contributed by atoms with Gasteiger partial charge in [-0.3, -0.25) is 10.2 Å². The summed E-state index contributed by atoms with van der Waals surface area (Å²) < 4.78 is 0. The van der Waals surface area contributed by atoms with Gasteiger partial charge in [0.25, 0.3) is 0 Å². The van der Waals surface area contributed by atoms with Crippen LogP contribution in [0.5, 0.6) is 0 Å². The summed E-state index contributed by atoms with van der Waals surface area (Å²) in [6.45, 7) is 7.41. The largest absolute Gasteiger partial charge is 0.338 e. The van der Waals surface area contributed by atoms with Crippen LogP contribution in [0.25, 0.3) is 0 Å². The fourth-order valence-corrected chi connectivity index (χ4v) is 2.80. The van der Waals surface area contributed by atoms with Gasteiger partial charge < -0.3 is 4.90 Å². The highest BCUT2D eigenvalue weighted by atomic mass is 16.2. The minimum Gasteiger partial charge on any atom is -0.338 e. The number of hydrogen-bond acceptors (Lipinski definition) is 5. The molecule has 0 fully saturated rings. The minimum absolute atomic E-state index is 0.255. The van der Waals surface area contributed by atoms with Crippen molar-refractivity contribution in [2.24, 2.45) is 5.10 Å². The summed E-state index contributed by atoms with van der Waals surface area (Å²) in [5.74, 6) is 0.884. The molecule has 0 atom stereocenters. The van der Waals surface area contributed by atoms with Gasteiger partial charge in [0, 0.05) is 31.6 Å². The molecule has 1 aromatic rings. The van der Waals surface area contributed by atoms with Crippen LogP contribution in [0.2, 0.25) is 0 Å². The number of anilines is 1. The Morgan fingerprint density at radius 1 is 1.25 bits per heavy atom. The van der Waals surface area contributed by atoms with Crippen molar-refractivity contribution in [2.75, 3.05) is 12.0 Å². The first kappa shape index (κ1) is 18.4. The highest BCUT2D eigenvalue weighted by Crippen LogP contribution is 2.20. The predicted octanol–water partition coefficient (Wildman–Crippen LogP) is 3.53. The molecule has 24 heavy (non-hydrogen) atoms. The third-order valence-corrected chi connectivity index (χ3v) is 4.18. The SMILES string of the molecule is CCCCCCCC(=O)N1CCc2nnc(NN=C(C)C)cc2C1. The van der Waals surface area contributed by atoms with Crippen molar-refractivity contribution in [3.05, 3.63) is 17.3 Å². The van der Waals surface area contributed by atoms with E-state index in [4.69, 9.17) is 0 Å². The van der Waals surface area contributed by atoms with E-state index in [1.807, 2.05) is 24.8 Å². The Balaban J connectivity index is 1.88. The molecular weight excluding hydrogens is 302 g/mol. The summed E-state index contributed by atoms with van der Waals surface area (Å²) in [6, 6.07) is 1.95. The molecule has 0 aliphatic carbocycles. The Kier molecular flexibility index (Phi) is 7.15. The lowest BCUT2D eigenvalue weighted by Crippen LogP contribution is -2.36. The molecule has 132 valence electrons. The number of nitrogens with one attached hydrogen (secondary N) is 1. The number of aromatic nitrogens is 2. The van der Waals surface area contributed by atoms with Crippen LogP contribution in [-0.2, 0) is 17.8 Å². The predicted molar refractivity (Wildman–Crippen MR) is 96.9 cm³/mol. The molecule has 2 heterocycles. The quantitative estimate of drug-likeness (QED) is 0.449. The monoisotopic (exact) mass is 331 g/mol. The zero-order valence-electron chi connectivity index (χ0n) is 15.1. The Labute approximate surface area is 144 Å². The molecule has 2 rings (SSSR count). The number of amides is 1. The van der Waals surface area contributed by atoms with Crippen LogP contribution in [-0.4, -0.2) is 33.3 Å². The van der Waals surface area contributed by atoms with Crippen LogP contribution < -0.4 is 5.43 Å². The zero-order valence-corrected chi connectivity index (χ0v) is 15.1. The van der Waals surface area contributed by atoms with Crippen molar-refractivity contribution in [2.45, 2.75) is 72.3 Å². The van der Waals surface area contributed by atoms with Crippen LogP contribution in [0, 0.1) is 0 Å². The van der Waals surface area contributed by atoms with E-state index in [1.54, 1.807) is 0 Å². The van der Waals surface area contributed by atoms with Gasteiger partial charge in [0.1, 0.15) is 0 Å². The second-order valence-electron chi connectivity index (χ2n) is 6.60. The Hall–Kier alpha value is -1.98. The highest BCUT2D eigenvalue weighted by molar-refractivity contribution is 5.79. The highest BCUT2D eigenvalue weighted by Gasteiger charge is 2.22. The summed E-state index contributed by atoms with van der Waals surface area (Å²) >= 11 is 0. The standard InChI is InChI=1S/C18H29N5O/c1-4-5-6-7-8-9-18(24)23-11-10-16-15(13-23)12-17(22-20-16)21-19-14(2)3/h12H,4-11,13H2,1-3H3,(H,21,22). The lowest BCUT2D eigenvalue weighted by molar-refractivity contribution is -0.132. The van der Waals surface area contributed by atoms with Gasteiger partial charge in [0.05, 0.1) is 5.69 Å². The van der Waals surface area contributed by atoms with E-state index in [1.165, 1.54) is 19.3 Å². The fourth-order valence-electron chi connectivity index (χ4n) is 2.80. The van der Waals surface area contributed by atoms with Crippen molar-refractivity contribution < 1.29 is 4.79 Å². The van der Waals surface area contributed by atoms with Crippen molar-refractivity contribution in [1.82, 2.24) is 15.1 Å². The van der Waals surface area contributed by atoms with Crippen molar-refractivity contribution in [3.63, 3.8) is 0 Å². The van der Waals surface area contributed by atoms with E-state index in [0.717, 1.165) is 42.8 Å². The Morgan fingerprint density at radius 2 is 2.04 bits per heavy atom. The number of hydrogen-bond donors (Lipinski definition) is 1. The maximum Gasteiger partial charge on any atom is 0.222 e. The summed E-state index contributed by atoms with van der Waals surface area (Å²) in [5.41, 5.74) is 5.89. The molecule has 0 bridgehead atoms. The molecule has 6 nitrogen and oxygen atoms in total. The summed E-state index contributed by atoms with van der Waals surface area (Å²) in [5, 5.41) is 12.6. The molecule has 0 radical (unpaired) electrons. The molecule has 1 amide bonds. The van der Waals surface area contributed by atoms with Crippen LogP contribution in [0.4, 0.5) is 5.82 Å². The Morgan fingerprint density at radius 3 is 2.79 bits per heavy atom. The van der Waals surface area contributed by atoms with E-state index in [0.29, 0.717) is 18.8 Å². The van der Waals surface area contributed by atoms with Crippen molar-refractivity contribution in [1.29, 1.82) is 0 Å². The van der Waals surface area contributed by atoms with Crippen LogP contribution in [0.1, 0.15) is 70.6 Å². The number of carbonyl (C=O) groups excluding carboxylic acids is 1. The van der Waals surface area contributed by atoms with Gasteiger partial charge in [-0.15, -0.1) is 5.10 Å². The lowest BCUT2D eigenvalue weighted by atomic mass is 10.1. The number of unbranched alkanes of at least 4 members (excludes halogenated alkanes) is 4. The molecule has 0 aromatic carbocycles. The van der Waals surface area contributed by atoms with Gasteiger partial charge in [0.15, 0.2) is 5.82 Å². The van der Waals surface area contributed by atoms with Gasteiger partial charge >= 0.3 is 0 Å². The molecule has 1 aromatic heterocycles. The van der Waals surface area contributed by atoms with Crippen molar-refractivity contribution in [3.8, 4) is 0 Å². The van der Waals surface area contributed by atoms with Gasteiger partial charge in [-0.1, -0.05) is 32.6 Å². The average molecular weight is 331 g/mol. The third-order valence-electron chi connectivity index (χ3n) is 4.18. The van der Waals surface area contributed by atoms with Crippen molar-refractivity contribution >= 4 is 17.4 Å². The van der Waals surface area contributed by atoms with Crippen LogP contribution in [0.15, 0.2) is 11.2 Å². The molecule has 6 heteroatoms. The molecular formula is C18H29N5O. The summed E-state index contributed by atoms with van der Waals surface area (Å²) in [7, 11) is 0. The molecule has 1 aliphatic rings. The smallest absolute Gasteiger partial charge is 0.222 e. The maximum atomic E-state index is 12.4. The Bertz CT molecular complexity index is 581. The number of carbonyl (C=O) groups is 1. The topological polar surface area (TPSA) is 70.5 Å². The van der Waals surface area contributed by atoms with Gasteiger partial charge in [0.2, 0.25) is 5.91 Å². The zero-order chi connectivity index (χ0) is 17.4. The summed E-state index contributed by atoms with van der Waals surface area (Å²) in [6.07, 6.45) is 7.30. The second kappa shape index (κ2) is 9.35.